The number of fused-ring (bicyclic) bond motifs is 4. The standard InChI is InChI=1S/C41H35N3O6/c1-3-43(4-2)31-18-15-29-22-34(41(48)50-37(29)24-31)40(47)49-20-19-26-13-16-30(17-14-26)42-38(45)25-44-35-12-8-7-11-32(35)39(46)33-21-27-9-5-6-10-28(27)23-36(33)44/h5-18,21-24H,3-4,19-20,25H2,1-2H3,(H,42,45). The summed E-state index contributed by atoms with van der Waals surface area (Å²) in [7, 11) is 0. The van der Waals surface area contributed by atoms with Crippen molar-refractivity contribution in [2.75, 3.05) is 29.9 Å². The number of benzene rings is 5. The van der Waals surface area contributed by atoms with E-state index in [1.807, 2.05) is 83.4 Å². The summed E-state index contributed by atoms with van der Waals surface area (Å²) in [6.45, 7) is 5.81. The van der Waals surface area contributed by atoms with Crippen molar-refractivity contribution in [1.29, 1.82) is 0 Å². The molecule has 0 saturated carbocycles. The van der Waals surface area contributed by atoms with E-state index in [1.54, 1.807) is 24.3 Å². The minimum Gasteiger partial charge on any atom is -0.462 e. The van der Waals surface area contributed by atoms with Crippen molar-refractivity contribution in [2.24, 2.45) is 0 Å². The van der Waals surface area contributed by atoms with E-state index in [-0.39, 0.29) is 30.1 Å². The number of nitrogens with zero attached hydrogens (tertiary/aromatic N) is 2. The van der Waals surface area contributed by atoms with Crippen molar-refractivity contribution in [1.82, 2.24) is 4.57 Å². The molecule has 50 heavy (non-hydrogen) atoms. The van der Waals surface area contributed by atoms with Gasteiger partial charge in [0.1, 0.15) is 17.7 Å². The molecule has 1 amide bonds. The summed E-state index contributed by atoms with van der Waals surface area (Å²) < 4.78 is 12.8. The van der Waals surface area contributed by atoms with Gasteiger partial charge in [0.05, 0.1) is 17.6 Å². The third-order valence-corrected chi connectivity index (χ3v) is 9.07. The van der Waals surface area contributed by atoms with Gasteiger partial charge in [-0.3, -0.25) is 9.59 Å². The molecule has 0 aliphatic rings. The maximum absolute atomic E-state index is 13.4. The smallest absolute Gasteiger partial charge is 0.351 e. The molecule has 0 unspecified atom stereocenters. The second kappa shape index (κ2) is 13.7. The van der Waals surface area contributed by atoms with Crippen LogP contribution in [0.2, 0.25) is 0 Å². The van der Waals surface area contributed by atoms with Crippen LogP contribution < -0.4 is 21.3 Å². The highest BCUT2D eigenvalue weighted by molar-refractivity contribution is 6.03. The number of anilines is 2. The first kappa shape index (κ1) is 32.3. The Labute approximate surface area is 287 Å². The van der Waals surface area contributed by atoms with Crippen molar-refractivity contribution in [2.45, 2.75) is 26.8 Å². The van der Waals surface area contributed by atoms with Gasteiger partial charge in [0, 0.05) is 53.1 Å². The van der Waals surface area contributed by atoms with Gasteiger partial charge >= 0.3 is 11.6 Å². The zero-order chi connectivity index (χ0) is 34.8. The maximum atomic E-state index is 13.4. The average molecular weight is 666 g/mol. The lowest BCUT2D eigenvalue weighted by Gasteiger charge is -2.20. The first-order valence-electron chi connectivity index (χ1n) is 16.7. The quantitative estimate of drug-likeness (QED) is 0.0928. The zero-order valence-electron chi connectivity index (χ0n) is 27.8. The fourth-order valence-corrected chi connectivity index (χ4v) is 6.45. The van der Waals surface area contributed by atoms with Crippen LogP contribution in [-0.2, 0) is 22.5 Å². The Morgan fingerprint density at radius 2 is 1.48 bits per heavy atom. The number of aromatic nitrogens is 1. The Kier molecular flexibility index (Phi) is 8.87. The van der Waals surface area contributed by atoms with Gasteiger partial charge in [-0.05, 0) is 84.8 Å². The van der Waals surface area contributed by atoms with Crippen molar-refractivity contribution >= 4 is 66.8 Å². The van der Waals surface area contributed by atoms with Crippen LogP contribution in [0.1, 0.15) is 29.8 Å². The largest absolute Gasteiger partial charge is 0.462 e. The molecule has 0 fully saturated rings. The number of ether oxygens (including phenoxy) is 1. The first-order valence-corrected chi connectivity index (χ1v) is 16.7. The van der Waals surface area contributed by atoms with Crippen LogP contribution in [0.15, 0.2) is 123 Å². The van der Waals surface area contributed by atoms with Crippen LogP contribution >= 0.6 is 0 Å². The van der Waals surface area contributed by atoms with Crippen molar-refractivity contribution in [3.05, 3.63) is 141 Å². The summed E-state index contributed by atoms with van der Waals surface area (Å²) in [6.07, 6.45) is 0.412. The molecule has 0 bridgehead atoms. The molecule has 0 saturated heterocycles. The van der Waals surface area contributed by atoms with E-state index in [2.05, 4.69) is 24.1 Å². The second-order valence-corrected chi connectivity index (χ2v) is 12.1. The molecular weight excluding hydrogens is 630 g/mol. The Balaban J connectivity index is 1.01. The second-order valence-electron chi connectivity index (χ2n) is 12.1. The number of esters is 1. The van der Waals surface area contributed by atoms with Crippen LogP contribution in [0, 0.1) is 0 Å². The molecular formula is C41H35N3O6. The monoisotopic (exact) mass is 665 g/mol. The molecule has 2 heterocycles. The molecule has 5 aromatic carbocycles. The Morgan fingerprint density at radius 3 is 2.24 bits per heavy atom. The first-order chi connectivity index (χ1) is 24.3. The van der Waals surface area contributed by atoms with Gasteiger partial charge in [0.15, 0.2) is 5.43 Å². The highest BCUT2D eigenvalue weighted by atomic mass is 16.5. The SMILES string of the molecule is CCN(CC)c1ccc2cc(C(=O)OCCc3ccc(NC(=O)Cn4c5ccccc5c(=O)c5cc6ccccc6cc54)cc3)c(=O)oc2c1. The van der Waals surface area contributed by atoms with Gasteiger partial charge in [-0.25, -0.2) is 9.59 Å². The Bertz CT molecular complexity index is 2530. The number of hydrogen-bond donors (Lipinski definition) is 1. The normalized spacial score (nSPS) is 11.3. The molecule has 7 rings (SSSR count). The summed E-state index contributed by atoms with van der Waals surface area (Å²) >= 11 is 0. The minimum absolute atomic E-state index is 0.00713. The number of amides is 1. The van der Waals surface area contributed by atoms with Crippen LogP contribution in [0.4, 0.5) is 11.4 Å². The van der Waals surface area contributed by atoms with Gasteiger partial charge in [-0.15, -0.1) is 0 Å². The van der Waals surface area contributed by atoms with E-state index in [0.29, 0.717) is 44.9 Å². The molecule has 0 radical (unpaired) electrons. The van der Waals surface area contributed by atoms with E-state index in [4.69, 9.17) is 9.15 Å². The maximum Gasteiger partial charge on any atom is 0.351 e. The summed E-state index contributed by atoms with van der Waals surface area (Å²) in [5.41, 5.74) is 3.27. The van der Waals surface area contributed by atoms with E-state index in [1.165, 1.54) is 6.07 Å². The number of rotatable bonds is 10. The molecule has 1 N–H and O–H groups in total. The highest BCUT2D eigenvalue weighted by Crippen LogP contribution is 2.26. The Hall–Kier alpha value is -6.22. The average Bonchev–Trinajstić information content (AvgIpc) is 3.13. The van der Waals surface area contributed by atoms with Gasteiger partial charge in [-0.1, -0.05) is 48.5 Å². The molecule has 0 aliphatic carbocycles. The lowest BCUT2D eigenvalue weighted by atomic mass is 10.0. The number of hydrogen-bond acceptors (Lipinski definition) is 7. The fraction of sp³-hybridized carbons (Fsp3) is 0.171. The molecule has 250 valence electrons. The molecule has 9 heteroatoms. The van der Waals surface area contributed by atoms with Gasteiger partial charge in [0.25, 0.3) is 0 Å². The van der Waals surface area contributed by atoms with Crippen LogP contribution in [0.5, 0.6) is 0 Å². The van der Waals surface area contributed by atoms with Crippen molar-refractivity contribution < 1.29 is 18.7 Å². The lowest BCUT2D eigenvalue weighted by Crippen LogP contribution is -2.21. The van der Waals surface area contributed by atoms with Crippen molar-refractivity contribution in [3.63, 3.8) is 0 Å². The summed E-state index contributed by atoms with van der Waals surface area (Å²) in [5, 5.41) is 6.66. The third kappa shape index (κ3) is 6.33. The predicted molar refractivity (Wildman–Crippen MR) is 198 cm³/mol. The molecule has 0 aliphatic heterocycles. The van der Waals surface area contributed by atoms with E-state index >= 15 is 0 Å². The topological polar surface area (TPSA) is 111 Å². The van der Waals surface area contributed by atoms with E-state index in [0.717, 1.165) is 35.1 Å². The highest BCUT2D eigenvalue weighted by Gasteiger charge is 2.17. The molecule has 7 aromatic rings. The summed E-state index contributed by atoms with van der Waals surface area (Å²) in [5.74, 6) is -0.985. The lowest BCUT2D eigenvalue weighted by molar-refractivity contribution is -0.116. The molecule has 0 atom stereocenters. The number of carbonyl (C=O) groups excluding carboxylic acids is 2. The third-order valence-electron chi connectivity index (χ3n) is 9.07. The van der Waals surface area contributed by atoms with Gasteiger partial charge < -0.3 is 23.9 Å². The summed E-state index contributed by atoms with van der Waals surface area (Å²) in [4.78, 5) is 54.3. The number of para-hydroxylation sites is 1. The zero-order valence-corrected chi connectivity index (χ0v) is 27.8. The molecule has 2 aromatic heterocycles. The number of pyridine rings is 1. The minimum atomic E-state index is -0.743. The van der Waals surface area contributed by atoms with Crippen LogP contribution in [0.25, 0.3) is 43.5 Å². The molecule has 0 spiro atoms. The van der Waals surface area contributed by atoms with Gasteiger partial charge in [0.2, 0.25) is 5.91 Å². The van der Waals surface area contributed by atoms with Crippen LogP contribution in [-0.4, -0.2) is 36.1 Å². The van der Waals surface area contributed by atoms with Crippen LogP contribution in [0.3, 0.4) is 0 Å². The number of carbonyl (C=O) groups is 2. The predicted octanol–water partition coefficient (Wildman–Crippen LogP) is 7.30. The van der Waals surface area contributed by atoms with Crippen molar-refractivity contribution in [3.8, 4) is 0 Å². The molecule has 9 nitrogen and oxygen atoms in total. The Morgan fingerprint density at radius 1 is 0.760 bits per heavy atom. The fourth-order valence-electron chi connectivity index (χ4n) is 6.45. The van der Waals surface area contributed by atoms with Gasteiger partial charge in [-0.2, -0.15) is 0 Å². The number of nitrogens with one attached hydrogen (secondary N) is 1. The van der Waals surface area contributed by atoms with E-state index in [9.17, 15) is 19.2 Å². The van der Waals surface area contributed by atoms with E-state index < -0.39 is 11.6 Å². The summed E-state index contributed by atoms with van der Waals surface area (Å²) in [6, 6.07) is 33.4.